The first-order valence-electron chi connectivity index (χ1n) is 11.4. The molecular weight excluding hydrogens is 458 g/mol. The molecule has 180 valence electrons. The Labute approximate surface area is 210 Å². The lowest BCUT2D eigenvalue weighted by atomic mass is 10.1. The number of ether oxygens (including phenoxy) is 2. The average Bonchev–Trinajstić information content (AvgIpc) is 2.89. The number of benzene rings is 3. The van der Waals surface area contributed by atoms with Crippen LogP contribution in [0, 0.1) is 0 Å². The van der Waals surface area contributed by atoms with Gasteiger partial charge in [0.05, 0.1) is 26.8 Å². The van der Waals surface area contributed by atoms with E-state index in [-0.39, 0.29) is 11.6 Å². The molecule has 7 heteroatoms. The van der Waals surface area contributed by atoms with Crippen LogP contribution in [0.5, 0.6) is 11.5 Å². The third kappa shape index (κ3) is 6.00. The highest BCUT2D eigenvalue weighted by Crippen LogP contribution is 2.21. The van der Waals surface area contributed by atoms with Gasteiger partial charge in [-0.1, -0.05) is 42.5 Å². The minimum absolute atomic E-state index is 0.0150. The maximum absolute atomic E-state index is 12.9. The summed E-state index contributed by atoms with van der Waals surface area (Å²) in [6.45, 7) is 2.96. The summed E-state index contributed by atoms with van der Waals surface area (Å²) in [5, 5.41) is 4.91. The molecule has 0 amide bonds. The maximum atomic E-state index is 12.9. The van der Waals surface area contributed by atoms with Gasteiger partial charge in [0.1, 0.15) is 11.5 Å². The zero-order valence-corrected chi connectivity index (χ0v) is 20.9. The Morgan fingerprint density at radius 1 is 0.943 bits per heavy atom. The van der Waals surface area contributed by atoms with Crippen LogP contribution < -0.4 is 20.3 Å². The summed E-state index contributed by atoms with van der Waals surface area (Å²) in [6.07, 6.45) is 0. The molecule has 6 nitrogen and oxygen atoms in total. The smallest absolute Gasteiger partial charge is 0.253 e. The Morgan fingerprint density at radius 2 is 1.63 bits per heavy atom. The number of hydrogen-bond donors (Lipinski definition) is 2. The van der Waals surface area contributed by atoms with E-state index in [2.05, 4.69) is 29.4 Å². The van der Waals surface area contributed by atoms with Gasteiger partial charge in [-0.2, -0.15) is 0 Å². The van der Waals surface area contributed by atoms with Gasteiger partial charge < -0.3 is 24.7 Å². The average molecular weight is 488 g/mol. The molecule has 1 heterocycles. The van der Waals surface area contributed by atoms with Crippen molar-refractivity contribution in [2.45, 2.75) is 26.1 Å². The molecule has 1 unspecified atom stereocenters. The Kier molecular flexibility index (Phi) is 7.67. The summed E-state index contributed by atoms with van der Waals surface area (Å²) in [5.74, 6) is 1.53. The van der Waals surface area contributed by atoms with Crippen LogP contribution >= 0.6 is 12.2 Å². The van der Waals surface area contributed by atoms with E-state index in [1.807, 2.05) is 71.6 Å². The van der Waals surface area contributed by atoms with Crippen LogP contribution in [-0.4, -0.2) is 29.2 Å². The normalized spacial score (nSPS) is 11.6. The van der Waals surface area contributed by atoms with E-state index in [1.54, 1.807) is 14.2 Å². The number of pyridine rings is 1. The number of aromatic amines is 1. The second-order valence-electron chi connectivity index (χ2n) is 8.36. The molecule has 0 bridgehead atoms. The van der Waals surface area contributed by atoms with Crippen molar-refractivity contribution in [3.05, 3.63) is 106 Å². The Balaban J connectivity index is 1.63. The highest BCUT2D eigenvalue weighted by molar-refractivity contribution is 7.80. The zero-order valence-electron chi connectivity index (χ0n) is 20.1. The fraction of sp³-hybridized carbons (Fsp3) is 0.214. The number of methoxy groups -OCH3 is 2. The Hall–Kier alpha value is -3.84. The summed E-state index contributed by atoms with van der Waals surface area (Å²) in [5.41, 5.74) is 3.44. The van der Waals surface area contributed by atoms with Gasteiger partial charge in [0.25, 0.3) is 5.56 Å². The van der Waals surface area contributed by atoms with E-state index in [9.17, 15) is 4.79 Å². The van der Waals surface area contributed by atoms with Crippen LogP contribution in [0.2, 0.25) is 0 Å². The van der Waals surface area contributed by atoms with Crippen LogP contribution in [0.15, 0.2) is 83.7 Å². The summed E-state index contributed by atoms with van der Waals surface area (Å²) >= 11 is 5.84. The molecule has 1 aromatic heterocycles. The minimum Gasteiger partial charge on any atom is -0.497 e. The minimum atomic E-state index is -0.138. The number of nitrogens with zero attached hydrogens (tertiary/aromatic N) is 1. The molecule has 4 aromatic rings. The summed E-state index contributed by atoms with van der Waals surface area (Å²) < 4.78 is 10.6. The van der Waals surface area contributed by atoms with Gasteiger partial charge >= 0.3 is 0 Å². The lowest BCUT2D eigenvalue weighted by Gasteiger charge is -2.28. The van der Waals surface area contributed by atoms with Crippen molar-refractivity contribution in [3.63, 3.8) is 0 Å². The number of thiocarbonyl (C=S) groups is 1. The fourth-order valence-corrected chi connectivity index (χ4v) is 4.24. The molecule has 2 N–H and O–H groups in total. The molecule has 0 spiro atoms. The molecule has 0 aliphatic heterocycles. The van der Waals surface area contributed by atoms with Crippen molar-refractivity contribution in [3.8, 4) is 11.5 Å². The van der Waals surface area contributed by atoms with Crippen molar-refractivity contribution < 1.29 is 9.47 Å². The molecule has 1 atom stereocenters. The summed E-state index contributed by atoms with van der Waals surface area (Å²) in [7, 11) is 3.27. The molecule has 0 fully saturated rings. The first-order chi connectivity index (χ1) is 17.0. The molecule has 4 rings (SSSR count). The number of H-pyrrole nitrogens is 1. The van der Waals surface area contributed by atoms with E-state index in [0.717, 1.165) is 33.5 Å². The van der Waals surface area contributed by atoms with Gasteiger partial charge in [-0.05, 0) is 66.7 Å². The van der Waals surface area contributed by atoms with Crippen molar-refractivity contribution in [1.82, 2.24) is 15.2 Å². The first kappa shape index (κ1) is 24.3. The van der Waals surface area contributed by atoms with Gasteiger partial charge in [0.15, 0.2) is 5.11 Å². The molecule has 0 aliphatic carbocycles. The van der Waals surface area contributed by atoms with Crippen LogP contribution in [0.3, 0.4) is 0 Å². The number of aromatic nitrogens is 1. The molecular formula is C28H29N3O3S. The van der Waals surface area contributed by atoms with Crippen molar-refractivity contribution in [1.29, 1.82) is 0 Å². The standard InChI is InChI=1S/C28H29N3O3S/c1-19(21-7-5-4-6-8-21)29-28(35)31(17-20-9-11-24(33-2)12-10-20)18-23-15-22-16-25(34-3)13-14-26(22)30-27(23)32/h4-16,19H,17-18H2,1-3H3,(H,29,35)(H,30,32). The largest absolute Gasteiger partial charge is 0.497 e. The number of hydrogen-bond acceptors (Lipinski definition) is 4. The molecule has 35 heavy (non-hydrogen) atoms. The van der Waals surface area contributed by atoms with E-state index in [0.29, 0.717) is 23.8 Å². The van der Waals surface area contributed by atoms with Crippen molar-refractivity contribution in [2.75, 3.05) is 14.2 Å². The predicted octanol–water partition coefficient (Wildman–Crippen LogP) is 5.18. The second kappa shape index (κ2) is 11.1. The van der Waals surface area contributed by atoms with Gasteiger partial charge in [0.2, 0.25) is 0 Å². The number of fused-ring (bicyclic) bond motifs is 1. The zero-order chi connectivity index (χ0) is 24.8. The molecule has 3 aromatic carbocycles. The van der Waals surface area contributed by atoms with Crippen molar-refractivity contribution in [2.24, 2.45) is 0 Å². The third-order valence-electron chi connectivity index (χ3n) is 5.95. The fourth-order valence-electron chi connectivity index (χ4n) is 3.93. The Morgan fingerprint density at radius 3 is 2.31 bits per heavy atom. The number of nitrogens with one attached hydrogen (secondary N) is 2. The lowest BCUT2D eigenvalue weighted by molar-refractivity contribution is 0.390. The highest BCUT2D eigenvalue weighted by Gasteiger charge is 2.17. The lowest BCUT2D eigenvalue weighted by Crippen LogP contribution is -2.41. The third-order valence-corrected chi connectivity index (χ3v) is 6.32. The number of rotatable bonds is 8. The SMILES string of the molecule is COc1ccc(CN(Cc2cc3cc(OC)ccc3[nH]c2=O)C(=S)NC(C)c2ccccc2)cc1. The van der Waals surface area contributed by atoms with Crippen LogP contribution in [-0.2, 0) is 13.1 Å². The van der Waals surface area contributed by atoms with Crippen LogP contribution in [0.25, 0.3) is 10.9 Å². The second-order valence-corrected chi connectivity index (χ2v) is 8.75. The predicted molar refractivity (Wildman–Crippen MR) is 144 cm³/mol. The first-order valence-corrected chi connectivity index (χ1v) is 11.8. The van der Waals surface area contributed by atoms with E-state index in [4.69, 9.17) is 21.7 Å². The molecule has 0 aliphatic rings. The van der Waals surface area contributed by atoms with Crippen molar-refractivity contribution >= 4 is 28.2 Å². The molecule has 0 saturated heterocycles. The summed E-state index contributed by atoms with van der Waals surface area (Å²) in [6, 6.07) is 25.5. The monoisotopic (exact) mass is 487 g/mol. The van der Waals surface area contributed by atoms with E-state index in [1.165, 1.54) is 0 Å². The molecule has 0 radical (unpaired) electrons. The quantitative estimate of drug-likeness (QED) is 0.334. The van der Waals surface area contributed by atoms with Gasteiger partial charge in [-0.15, -0.1) is 0 Å². The van der Waals surface area contributed by atoms with Crippen LogP contribution in [0.1, 0.15) is 29.7 Å². The van der Waals surface area contributed by atoms with E-state index < -0.39 is 0 Å². The molecule has 0 saturated carbocycles. The van der Waals surface area contributed by atoms with Crippen LogP contribution in [0.4, 0.5) is 0 Å². The summed E-state index contributed by atoms with van der Waals surface area (Å²) in [4.78, 5) is 17.9. The van der Waals surface area contributed by atoms with Gasteiger partial charge in [-0.3, -0.25) is 4.79 Å². The maximum Gasteiger partial charge on any atom is 0.253 e. The Bertz CT molecular complexity index is 1350. The van der Waals surface area contributed by atoms with Gasteiger partial charge in [0, 0.05) is 23.0 Å². The van der Waals surface area contributed by atoms with Gasteiger partial charge in [-0.25, -0.2) is 0 Å². The van der Waals surface area contributed by atoms with E-state index >= 15 is 0 Å². The highest BCUT2D eigenvalue weighted by atomic mass is 32.1. The topological polar surface area (TPSA) is 66.6 Å².